The molecule has 0 aliphatic heterocycles. The van der Waals surface area contributed by atoms with Gasteiger partial charge in [-0.15, -0.1) is 0 Å². The van der Waals surface area contributed by atoms with Crippen LogP contribution in [0.1, 0.15) is 35.6 Å². The van der Waals surface area contributed by atoms with E-state index in [0.29, 0.717) is 23.4 Å². The van der Waals surface area contributed by atoms with Crippen LogP contribution in [-0.2, 0) is 0 Å². The van der Waals surface area contributed by atoms with Crippen molar-refractivity contribution in [3.05, 3.63) is 58.5 Å². The molecule has 1 N–H and O–H groups in total. The van der Waals surface area contributed by atoms with Crippen molar-refractivity contribution >= 4 is 0 Å². The third-order valence-corrected chi connectivity index (χ3v) is 3.04. The highest BCUT2D eigenvalue weighted by Crippen LogP contribution is 2.27. The molecule has 0 bridgehead atoms. The molecule has 0 aliphatic carbocycles. The van der Waals surface area contributed by atoms with E-state index in [9.17, 15) is 8.78 Å². The summed E-state index contributed by atoms with van der Waals surface area (Å²) in [4.78, 5) is 0. The minimum atomic E-state index is -0.567. The van der Waals surface area contributed by atoms with Gasteiger partial charge in [-0.05, 0) is 44.2 Å². The van der Waals surface area contributed by atoms with E-state index < -0.39 is 17.7 Å². The van der Waals surface area contributed by atoms with E-state index in [2.05, 4.69) is 5.32 Å². The molecule has 4 heteroatoms. The van der Waals surface area contributed by atoms with Gasteiger partial charge in [-0.25, -0.2) is 8.78 Å². The number of halogens is 2. The van der Waals surface area contributed by atoms with Crippen LogP contribution < -0.4 is 5.32 Å². The molecule has 1 aromatic carbocycles. The minimum absolute atomic E-state index is 0.398. The second-order valence-corrected chi connectivity index (χ2v) is 4.56. The Morgan fingerprint density at radius 1 is 1.16 bits per heavy atom. The molecule has 19 heavy (non-hydrogen) atoms. The molecular weight excluding hydrogens is 248 g/mol. The van der Waals surface area contributed by atoms with Gasteiger partial charge in [0.1, 0.15) is 23.2 Å². The van der Waals surface area contributed by atoms with E-state index in [1.165, 1.54) is 6.07 Å². The molecule has 0 spiro atoms. The first-order valence-corrected chi connectivity index (χ1v) is 6.28. The molecule has 1 atom stereocenters. The molecule has 0 saturated heterocycles. The summed E-state index contributed by atoms with van der Waals surface area (Å²) in [5.74, 6) is 0.289. The fourth-order valence-corrected chi connectivity index (χ4v) is 2.08. The van der Waals surface area contributed by atoms with Crippen molar-refractivity contribution in [2.75, 3.05) is 6.54 Å². The van der Waals surface area contributed by atoms with Crippen LogP contribution in [0.4, 0.5) is 8.78 Å². The van der Waals surface area contributed by atoms with Crippen molar-refractivity contribution in [2.24, 2.45) is 0 Å². The number of nitrogens with one attached hydrogen (secondary N) is 1. The van der Waals surface area contributed by atoms with Crippen LogP contribution in [0, 0.1) is 25.5 Å². The first-order chi connectivity index (χ1) is 9.02. The van der Waals surface area contributed by atoms with Gasteiger partial charge in [0.2, 0.25) is 0 Å². The summed E-state index contributed by atoms with van der Waals surface area (Å²) >= 11 is 0. The van der Waals surface area contributed by atoms with E-state index in [4.69, 9.17) is 4.42 Å². The van der Waals surface area contributed by atoms with Crippen LogP contribution >= 0.6 is 0 Å². The second kappa shape index (κ2) is 5.53. The average molecular weight is 265 g/mol. The van der Waals surface area contributed by atoms with Crippen molar-refractivity contribution in [3.8, 4) is 0 Å². The van der Waals surface area contributed by atoms with Gasteiger partial charge in [0, 0.05) is 11.6 Å². The molecule has 0 amide bonds. The highest BCUT2D eigenvalue weighted by molar-refractivity contribution is 5.33. The Hall–Kier alpha value is -1.68. The third-order valence-electron chi connectivity index (χ3n) is 3.04. The Balaban J connectivity index is 2.47. The third kappa shape index (κ3) is 2.84. The Kier molecular flexibility index (Phi) is 4.00. The van der Waals surface area contributed by atoms with Crippen molar-refractivity contribution in [2.45, 2.75) is 26.8 Å². The molecule has 1 unspecified atom stereocenters. The fraction of sp³-hybridized carbons (Fsp3) is 0.333. The van der Waals surface area contributed by atoms with Gasteiger partial charge in [-0.1, -0.05) is 6.92 Å². The van der Waals surface area contributed by atoms with Crippen LogP contribution in [0.3, 0.4) is 0 Å². The molecule has 0 radical (unpaired) electrons. The molecule has 0 saturated carbocycles. The van der Waals surface area contributed by atoms with Crippen molar-refractivity contribution < 1.29 is 13.2 Å². The number of aryl methyl sites for hydroxylation is 2. The molecule has 1 heterocycles. The average Bonchev–Trinajstić information content (AvgIpc) is 2.78. The second-order valence-electron chi connectivity index (χ2n) is 4.56. The van der Waals surface area contributed by atoms with Gasteiger partial charge < -0.3 is 9.73 Å². The fourth-order valence-electron chi connectivity index (χ4n) is 2.08. The number of hydrogen-bond donors (Lipinski definition) is 1. The molecule has 2 aromatic rings. The molecule has 1 aromatic heterocycles. The normalized spacial score (nSPS) is 12.7. The monoisotopic (exact) mass is 265 g/mol. The molecule has 102 valence electrons. The van der Waals surface area contributed by atoms with E-state index >= 15 is 0 Å². The number of furan rings is 1. The first kappa shape index (κ1) is 13.7. The zero-order valence-electron chi connectivity index (χ0n) is 11.3. The van der Waals surface area contributed by atoms with Gasteiger partial charge in [-0.3, -0.25) is 0 Å². The van der Waals surface area contributed by atoms with Gasteiger partial charge in [0.15, 0.2) is 0 Å². The quantitative estimate of drug-likeness (QED) is 0.907. The van der Waals surface area contributed by atoms with E-state index in [0.717, 1.165) is 11.8 Å². The summed E-state index contributed by atoms with van der Waals surface area (Å²) in [6, 6.07) is 5.67. The molecule has 0 fully saturated rings. The molecular formula is C15H17F2NO. The van der Waals surface area contributed by atoms with Gasteiger partial charge in [-0.2, -0.15) is 0 Å². The van der Waals surface area contributed by atoms with Crippen LogP contribution in [-0.4, -0.2) is 6.54 Å². The Morgan fingerprint density at radius 3 is 2.47 bits per heavy atom. The van der Waals surface area contributed by atoms with Crippen LogP contribution in [0.15, 0.2) is 28.7 Å². The SMILES string of the molecule is CCNC(c1ccc(C)o1)c1cc(C)c(F)cc1F. The maximum absolute atomic E-state index is 14.0. The lowest BCUT2D eigenvalue weighted by Gasteiger charge is -2.17. The lowest BCUT2D eigenvalue weighted by molar-refractivity contribution is 0.425. The van der Waals surface area contributed by atoms with Crippen LogP contribution in [0.5, 0.6) is 0 Å². The topological polar surface area (TPSA) is 25.2 Å². The summed E-state index contributed by atoms with van der Waals surface area (Å²) in [6.45, 7) is 6.03. The maximum atomic E-state index is 14.0. The standard InChI is InChI=1S/C15H17F2NO/c1-4-18-15(14-6-5-10(3)19-14)11-7-9(2)12(16)8-13(11)17/h5-8,15,18H,4H2,1-3H3. The molecule has 2 nitrogen and oxygen atoms in total. The van der Waals surface area contributed by atoms with Gasteiger partial charge in [0.05, 0.1) is 6.04 Å². The first-order valence-electron chi connectivity index (χ1n) is 6.28. The highest BCUT2D eigenvalue weighted by Gasteiger charge is 2.21. The molecule has 0 aliphatic rings. The molecule has 2 rings (SSSR count). The van der Waals surface area contributed by atoms with Gasteiger partial charge >= 0.3 is 0 Å². The lowest BCUT2D eigenvalue weighted by atomic mass is 10.0. The Morgan fingerprint density at radius 2 is 1.89 bits per heavy atom. The zero-order chi connectivity index (χ0) is 14.0. The number of hydrogen-bond acceptors (Lipinski definition) is 2. The van der Waals surface area contributed by atoms with Gasteiger partial charge in [0.25, 0.3) is 0 Å². The predicted octanol–water partition coefficient (Wildman–Crippen LogP) is 3.87. The smallest absolute Gasteiger partial charge is 0.131 e. The zero-order valence-corrected chi connectivity index (χ0v) is 11.3. The summed E-state index contributed by atoms with van der Waals surface area (Å²) in [5, 5.41) is 3.16. The van der Waals surface area contributed by atoms with Crippen molar-refractivity contribution in [3.63, 3.8) is 0 Å². The minimum Gasteiger partial charge on any atom is -0.464 e. The maximum Gasteiger partial charge on any atom is 0.131 e. The Bertz CT molecular complexity index is 578. The summed E-state index contributed by atoms with van der Waals surface area (Å²) in [7, 11) is 0. The van der Waals surface area contributed by atoms with E-state index in [-0.39, 0.29) is 0 Å². The highest BCUT2D eigenvalue weighted by atomic mass is 19.1. The van der Waals surface area contributed by atoms with Crippen molar-refractivity contribution in [1.82, 2.24) is 5.32 Å². The largest absolute Gasteiger partial charge is 0.464 e. The van der Waals surface area contributed by atoms with E-state index in [1.807, 2.05) is 19.9 Å². The summed E-state index contributed by atoms with van der Waals surface area (Å²) in [5.41, 5.74) is 0.817. The van der Waals surface area contributed by atoms with E-state index in [1.54, 1.807) is 13.0 Å². The number of benzene rings is 1. The lowest BCUT2D eigenvalue weighted by Crippen LogP contribution is -2.22. The number of rotatable bonds is 4. The van der Waals surface area contributed by atoms with Crippen LogP contribution in [0.25, 0.3) is 0 Å². The summed E-state index contributed by atoms with van der Waals surface area (Å²) in [6.07, 6.45) is 0. The van der Waals surface area contributed by atoms with Crippen molar-refractivity contribution in [1.29, 1.82) is 0 Å². The Labute approximate surface area is 111 Å². The van der Waals surface area contributed by atoms with Crippen LogP contribution in [0.2, 0.25) is 0 Å². The summed E-state index contributed by atoms with van der Waals surface area (Å²) < 4.78 is 32.9. The predicted molar refractivity (Wildman–Crippen MR) is 70.1 cm³/mol.